The third kappa shape index (κ3) is 4.95. The minimum Gasteiger partial charge on any atom is -0.351 e. The van der Waals surface area contributed by atoms with Crippen molar-refractivity contribution in [3.63, 3.8) is 0 Å². The Morgan fingerprint density at radius 1 is 1.27 bits per heavy atom. The van der Waals surface area contributed by atoms with Crippen LogP contribution >= 0.6 is 12.4 Å². The van der Waals surface area contributed by atoms with Gasteiger partial charge in [0.15, 0.2) is 0 Å². The number of nitrogens with one attached hydrogen (secondary N) is 2. The number of rotatable bonds is 6. The second-order valence-corrected chi connectivity index (χ2v) is 6.89. The smallest absolute Gasteiger partial charge is 0.251 e. The molecule has 0 bridgehead atoms. The second kappa shape index (κ2) is 8.47. The summed E-state index contributed by atoms with van der Waals surface area (Å²) in [5, 5.41) is 2.62. The molecule has 0 aromatic heterocycles. The molecule has 0 saturated heterocycles. The monoisotopic (exact) mass is 347 g/mol. The zero-order chi connectivity index (χ0) is 15.3. The predicted octanol–water partition coefficient (Wildman–Crippen LogP) is 1.02. The number of halogens is 1. The fraction of sp³-hybridized carbons (Fsp3) is 0.500. The fourth-order valence-electron chi connectivity index (χ4n) is 2.42. The van der Waals surface area contributed by atoms with E-state index in [0.717, 1.165) is 25.7 Å². The number of hydrogen-bond donors (Lipinski definition) is 3. The standard InChI is InChI=1S/C14H21N3O3S.ClH/c15-8-9-16-14(18)11-4-3-7-13(10-11)21(19,20)17-12-5-1-2-6-12;/h3-4,7,10,12,17H,1-2,5-6,8-9,15H2,(H,16,18);1H. The highest BCUT2D eigenvalue weighted by molar-refractivity contribution is 7.89. The number of carbonyl (C=O) groups excluding carboxylic acids is 1. The van der Waals surface area contributed by atoms with Crippen LogP contribution in [0.3, 0.4) is 0 Å². The van der Waals surface area contributed by atoms with Crippen molar-refractivity contribution in [3.05, 3.63) is 29.8 Å². The minimum absolute atomic E-state index is 0. The predicted molar refractivity (Wildman–Crippen MR) is 87.7 cm³/mol. The average molecular weight is 348 g/mol. The van der Waals surface area contributed by atoms with E-state index in [0.29, 0.717) is 18.7 Å². The number of sulfonamides is 1. The summed E-state index contributed by atoms with van der Waals surface area (Å²) in [6.45, 7) is 0.698. The highest BCUT2D eigenvalue weighted by Gasteiger charge is 2.23. The van der Waals surface area contributed by atoms with Crippen LogP contribution in [-0.2, 0) is 10.0 Å². The van der Waals surface area contributed by atoms with E-state index < -0.39 is 10.0 Å². The fourth-order valence-corrected chi connectivity index (χ4v) is 3.77. The van der Waals surface area contributed by atoms with Gasteiger partial charge in [0.05, 0.1) is 4.90 Å². The Labute approximate surface area is 137 Å². The van der Waals surface area contributed by atoms with Crippen molar-refractivity contribution in [2.45, 2.75) is 36.6 Å². The van der Waals surface area contributed by atoms with Crippen molar-refractivity contribution in [2.75, 3.05) is 13.1 Å². The molecule has 1 saturated carbocycles. The summed E-state index contributed by atoms with van der Waals surface area (Å²) in [6, 6.07) is 6.05. The van der Waals surface area contributed by atoms with Crippen LogP contribution in [0.25, 0.3) is 0 Å². The van der Waals surface area contributed by atoms with Crippen molar-refractivity contribution in [1.82, 2.24) is 10.0 Å². The summed E-state index contributed by atoms with van der Waals surface area (Å²) in [5.74, 6) is -0.321. The van der Waals surface area contributed by atoms with Gasteiger partial charge in [-0.15, -0.1) is 12.4 Å². The molecule has 0 spiro atoms. The molecule has 0 aliphatic heterocycles. The summed E-state index contributed by atoms with van der Waals surface area (Å²) < 4.78 is 27.3. The SMILES string of the molecule is Cl.NCCNC(=O)c1cccc(S(=O)(=O)NC2CCCC2)c1. The van der Waals surface area contributed by atoms with Gasteiger partial charge in [-0.1, -0.05) is 18.9 Å². The molecule has 1 aliphatic rings. The lowest BCUT2D eigenvalue weighted by atomic mass is 10.2. The number of benzene rings is 1. The topological polar surface area (TPSA) is 101 Å². The van der Waals surface area contributed by atoms with E-state index in [2.05, 4.69) is 10.0 Å². The van der Waals surface area contributed by atoms with Crippen LogP contribution in [0, 0.1) is 0 Å². The van der Waals surface area contributed by atoms with Gasteiger partial charge in [-0.3, -0.25) is 4.79 Å². The Hall–Kier alpha value is -1.15. The molecule has 1 aromatic carbocycles. The molecule has 1 aromatic rings. The minimum atomic E-state index is -3.57. The first-order valence-electron chi connectivity index (χ1n) is 7.13. The molecule has 1 aliphatic carbocycles. The van der Waals surface area contributed by atoms with Gasteiger partial charge < -0.3 is 11.1 Å². The van der Waals surface area contributed by atoms with Gasteiger partial charge in [0.1, 0.15) is 0 Å². The van der Waals surface area contributed by atoms with Gasteiger partial charge in [-0.25, -0.2) is 13.1 Å². The molecule has 6 nitrogen and oxygen atoms in total. The molecule has 2 rings (SSSR count). The molecule has 0 atom stereocenters. The first-order valence-corrected chi connectivity index (χ1v) is 8.62. The first-order chi connectivity index (χ1) is 10.0. The lowest BCUT2D eigenvalue weighted by molar-refractivity contribution is 0.0954. The molecule has 0 radical (unpaired) electrons. The number of amides is 1. The van der Waals surface area contributed by atoms with Crippen LogP contribution in [0.2, 0.25) is 0 Å². The van der Waals surface area contributed by atoms with Gasteiger partial charge in [0, 0.05) is 24.7 Å². The molecular weight excluding hydrogens is 326 g/mol. The summed E-state index contributed by atoms with van der Waals surface area (Å²) in [6.07, 6.45) is 3.84. The van der Waals surface area contributed by atoms with Gasteiger partial charge in [-0.05, 0) is 31.0 Å². The van der Waals surface area contributed by atoms with Crippen LogP contribution in [-0.4, -0.2) is 33.5 Å². The molecule has 1 amide bonds. The van der Waals surface area contributed by atoms with Gasteiger partial charge in [-0.2, -0.15) is 0 Å². The van der Waals surface area contributed by atoms with Crippen LogP contribution < -0.4 is 15.8 Å². The third-order valence-electron chi connectivity index (χ3n) is 3.51. The van der Waals surface area contributed by atoms with Crippen molar-refractivity contribution in [2.24, 2.45) is 5.73 Å². The van der Waals surface area contributed by atoms with Crippen molar-refractivity contribution < 1.29 is 13.2 Å². The molecule has 124 valence electrons. The normalized spacial score (nSPS) is 15.3. The zero-order valence-corrected chi connectivity index (χ0v) is 13.9. The zero-order valence-electron chi connectivity index (χ0n) is 12.2. The summed E-state index contributed by atoms with van der Waals surface area (Å²) in [5.41, 5.74) is 5.64. The van der Waals surface area contributed by atoms with Crippen molar-refractivity contribution in [1.29, 1.82) is 0 Å². The molecule has 0 unspecified atom stereocenters. The summed E-state index contributed by atoms with van der Waals surface area (Å²) in [4.78, 5) is 12.0. The molecular formula is C14H22ClN3O3S. The van der Waals surface area contributed by atoms with E-state index in [1.54, 1.807) is 12.1 Å². The highest BCUT2D eigenvalue weighted by Crippen LogP contribution is 2.20. The average Bonchev–Trinajstić information content (AvgIpc) is 2.97. The maximum absolute atomic E-state index is 12.3. The van der Waals surface area contributed by atoms with E-state index in [4.69, 9.17) is 5.73 Å². The van der Waals surface area contributed by atoms with Crippen molar-refractivity contribution in [3.8, 4) is 0 Å². The number of hydrogen-bond acceptors (Lipinski definition) is 4. The number of nitrogens with two attached hydrogens (primary N) is 1. The van der Waals surface area contributed by atoms with Crippen molar-refractivity contribution >= 4 is 28.3 Å². The lowest BCUT2D eigenvalue weighted by Crippen LogP contribution is -2.33. The van der Waals surface area contributed by atoms with E-state index >= 15 is 0 Å². The Bertz CT molecular complexity index is 601. The van der Waals surface area contributed by atoms with Gasteiger partial charge in [0.2, 0.25) is 10.0 Å². The molecule has 0 heterocycles. The number of carbonyl (C=O) groups is 1. The maximum Gasteiger partial charge on any atom is 0.251 e. The Morgan fingerprint density at radius 3 is 2.59 bits per heavy atom. The van der Waals surface area contributed by atoms with E-state index in [-0.39, 0.29) is 29.3 Å². The van der Waals surface area contributed by atoms with Gasteiger partial charge >= 0.3 is 0 Å². The van der Waals surface area contributed by atoms with E-state index in [9.17, 15) is 13.2 Å². The quantitative estimate of drug-likeness (QED) is 0.715. The molecule has 22 heavy (non-hydrogen) atoms. The molecule has 4 N–H and O–H groups in total. The summed E-state index contributed by atoms with van der Waals surface area (Å²) in [7, 11) is -3.57. The van der Waals surface area contributed by atoms with Gasteiger partial charge in [0.25, 0.3) is 5.91 Å². The van der Waals surface area contributed by atoms with Crippen LogP contribution in [0.1, 0.15) is 36.0 Å². The maximum atomic E-state index is 12.3. The van der Waals surface area contributed by atoms with Crippen LogP contribution in [0.15, 0.2) is 29.2 Å². The van der Waals surface area contributed by atoms with Crippen LogP contribution in [0.4, 0.5) is 0 Å². The van der Waals surface area contributed by atoms with E-state index in [1.165, 1.54) is 12.1 Å². The Morgan fingerprint density at radius 2 is 1.95 bits per heavy atom. The first kappa shape index (κ1) is 18.9. The summed E-state index contributed by atoms with van der Waals surface area (Å²) >= 11 is 0. The highest BCUT2D eigenvalue weighted by atomic mass is 35.5. The molecule has 1 fully saturated rings. The lowest BCUT2D eigenvalue weighted by Gasteiger charge is -2.13. The third-order valence-corrected chi connectivity index (χ3v) is 5.03. The van der Waals surface area contributed by atoms with E-state index in [1.807, 2.05) is 0 Å². The second-order valence-electron chi connectivity index (χ2n) is 5.18. The Kier molecular flexibility index (Phi) is 7.28. The largest absolute Gasteiger partial charge is 0.351 e. The molecule has 8 heteroatoms. The van der Waals surface area contributed by atoms with Crippen LogP contribution in [0.5, 0.6) is 0 Å². The Balaban J connectivity index is 0.00000242.